The lowest BCUT2D eigenvalue weighted by Gasteiger charge is -2.06. The van der Waals surface area contributed by atoms with E-state index in [-0.39, 0.29) is 0 Å². The topological polar surface area (TPSA) is 35.2 Å². The third kappa shape index (κ3) is 8.21. The van der Waals surface area contributed by atoms with Gasteiger partial charge in [0.05, 0.1) is 6.61 Å². The molecule has 1 rings (SSSR count). The van der Waals surface area contributed by atoms with E-state index in [4.69, 9.17) is 10.5 Å². The van der Waals surface area contributed by atoms with Crippen molar-refractivity contribution in [2.24, 2.45) is 0 Å². The zero-order valence-corrected chi connectivity index (χ0v) is 13.1. The third-order valence-corrected chi connectivity index (χ3v) is 3.71. The highest BCUT2D eigenvalue weighted by atomic mass is 16.5. The summed E-state index contributed by atoms with van der Waals surface area (Å²) < 4.78 is 5.68. The second-order valence-electron chi connectivity index (χ2n) is 5.54. The van der Waals surface area contributed by atoms with Gasteiger partial charge in [-0.05, 0) is 24.5 Å². The summed E-state index contributed by atoms with van der Waals surface area (Å²) in [4.78, 5) is 0. The molecule has 1 aromatic carbocycles. The molecule has 0 spiro atoms. The molecular weight excluding hydrogens is 246 g/mol. The van der Waals surface area contributed by atoms with Crippen molar-refractivity contribution in [3.8, 4) is 0 Å². The molecule has 114 valence electrons. The number of benzene rings is 1. The summed E-state index contributed by atoms with van der Waals surface area (Å²) in [5.74, 6) is 0. The number of para-hydroxylation sites is 1. The Morgan fingerprint density at radius 1 is 0.850 bits per heavy atom. The molecule has 0 amide bonds. The van der Waals surface area contributed by atoms with Gasteiger partial charge in [-0.25, -0.2) is 0 Å². The van der Waals surface area contributed by atoms with Gasteiger partial charge in [0.2, 0.25) is 0 Å². The normalized spacial score (nSPS) is 10.8. The molecule has 2 nitrogen and oxygen atoms in total. The maximum Gasteiger partial charge on any atom is 0.0507 e. The molecule has 20 heavy (non-hydrogen) atoms. The van der Waals surface area contributed by atoms with Gasteiger partial charge < -0.3 is 10.5 Å². The van der Waals surface area contributed by atoms with Crippen LogP contribution >= 0.6 is 0 Å². The lowest BCUT2D eigenvalue weighted by molar-refractivity contribution is 0.133. The minimum absolute atomic E-state index is 0.782. The van der Waals surface area contributed by atoms with Gasteiger partial charge in [-0.1, -0.05) is 70.1 Å². The lowest BCUT2D eigenvalue weighted by Crippen LogP contribution is -2.02. The summed E-state index contributed by atoms with van der Waals surface area (Å²) in [6.45, 7) is 3.94. The molecule has 1 aromatic rings. The van der Waals surface area contributed by atoms with Crippen molar-refractivity contribution in [1.82, 2.24) is 0 Å². The molecule has 0 fully saturated rings. The molecule has 0 radical (unpaired) electrons. The van der Waals surface area contributed by atoms with Crippen LogP contribution in [-0.2, 0) is 11.2 Å². The fraction of sp³-hybridized carbons (Fsp3) is 0.667. The van der Waals surface area contributed by atoms with Crippen LogP contribution in [0.25, 0.3) is 0 Å². The molecule has 2 heteroatoms. The SMILES string of the molecule is CCCCCCCCCCOCCc1ccccc1N. The zero-order chi connectivity index (χ0) is 14.5. The summed E-state index contributed by atoms with van der Waals surface area (Å²) >= 11 is 0. The van der Waals surface area contributed by atoms with Gasteiger partial charge in [-0.2, -0.15) is 0 Å². The number of anilines is 1. The first-order valence-electron chi connectivity index (χ1n) is 8.25. The van der Waals surface area contributed by atoms with Crippen LogP contribution in [0, 0.1) is 0 Å². The smallest absolute Gasteiger partial charge is 0.0507 e. The molecule has 0 heterocycles. The van der Waals surface area contributed by atoms with E-state index >= 15 is 0 Å². The van der Waals surface area contributed by atoms with Crippen LogP contribution in [0.5, 0.6) is 0 Å². The quantitative estimate of drug-likeness (QED) is 0.432. The Bertz CT molecular complexity index is 338. The van der Waals surface area contributed by atoms with Crippen LogP contribution in [0.15, 0.2) is 24.3 Å². The number of unbranched alkanes of at least 4 members (excludes halogenated alkanes) is 7. The second-order valence-corrected chi connectivity index (χ2v) is 5.54. The van der Waals surface area contributed by atoms with E-state index in [1.807, 2.05) is 18.2 Å². The first kappa shape index (κ1) is 17.0. The highest BCUT2D eigenvalue weighted by Gasteiger charge is 1.97. The Kier molecular flexibility index (Phi) is 10.0. The molecule has 0 atom stereocenters. The molecule has 0 saturated carbocycles. The van der Waals surface area contributed by atoms with Crippen LogP contribution in [0.2, 0.25) is 0 Å². The summed E-state index contributed by atoms with van der Waals surface area (Å²) in [5.41, 5.74) is 7.97. The molecular formula is C18H31NO. The standard InChI is InChI=1S/C18H31NO/c1-2-3-4-5-6-7-8-11-15-20-16-14-17-12-9-10-13-18(17)19/h9-10,12-13H,2-8,11,14-16,19H2,1H3. The van der Waals surface area contributed by atoms with E-state index in [0.29, 0.717) is 0 Å². The van der Waals surface area contributed by atoms with Gasteiger partial charge in [0.15, 0.2) is 0 Å². The number of ether oxygens (including phenoxy) is 1. The fourth-order valence-corrected chi connectivity index (χ4v) is 2.38. The van der Waals surface area contributed by atoms with Crippen molar-refractivity contribution in [2.75, 3.05) is 18.9 Å². The van der Waals surface area contributed by atoms with Gasteiger partial charge >= 0.3 is 0 Å². The van der Waals surface area contributed by atoms with Gasteiger partial charge in [-0.15, -0.1) is 0 Å². The molecule has 0 aliphatic carbocycles. The molecule has 0 aliphatic rings. The number of nitrogen functional groups attached to an aromatic ring is 1. The summed E-state index contributed by atoms with van der Waals surface area (Å²) in [6.07, 6.45) is 11.7. The summed E-state index contributed by atoms with van der Waals surface area (Å²) in [7, 11) is 0. The highest BCUT2D eigenvalue weighted by Crippen LogP contribution is 2.11. The number of hydrogen-bond donors (Lipinski definition) is 1. The van der Waals surface area contributed by atoms with Crippen molar-refractivity contribution in [3.05, 3.63) is 29.8 Å². The first-order chi connectivity index (χ1) is 9.84. The molecule has 0 unspecified atom stereocenters. The first-order valence-corrected chi connectivity index (χ1v) is 8.25. The Balaban J connectivity index is 1.87. The molecule has 0 bridgehead atoms. The molecule has 0 aliphatic heterocycles. The third-order valence-electron chi connectivity index (χ3n) is 3.71. The minimum atomic E-state index is 0.782. The van der Waals surface area contributed by atoms with E-state index in [1.54, 1.807) is 0 Å². The number of hydrogen-bond acceptors (Lipinski definition) is 2. The van der Waals surface area contributed by atoms with Gasteiger partial charge in [0.25, 0.3) is 0 Å². The fourth-order valence-electron chi connectivity index (χ4n) is 2.38. The predicted molar refractivity (Wildman–Crippen MR) is 88.0 cm³/mol. The Hall–Kier alpha value is -1.02. The molecule has 0 saturated heterocycles. The summed E-state index contributed by atoms with van der Waals surface area (Å²) in [5, 5.41) is 0. The second kappa shape index (κ2) is 11.8. The van der Waals surface area contributed by atoms with Crippen molar-refractivity contribution >= 4 is 5.69 Å². The highest BCUT2D eigenvalue weighted by molar-refractivity contribution is 5.46. The average molecular weight is 277 g/mol. The number of nitrogens with two attached hydrogens (primary N) is 1. The van der Waals surface area contributed by atoms with Gasteiger partial charge in [-0.3, -0.25) is 0 Å². The summed E-state index contributed by atoms with van der Waals surface area (Å²) in [6, 6.07) is 8.04. The van der Waals surface area contributed by atoms with E-state index in [1.165, 1.54) is 56.9 Å². The lowest BCUT2D eigenvalue weighted by atomic mass is 10.1. The Labute approximate surface area is 124 Å². The minimum Gasteiger partial charge on any atom is -0.399 e. The zero-order valence-electron chi connectivity index (χ0n) is 13.1. The van der Waals surface area contributed by atoms with Gasteiger partial charge in [0, 0.05) is 12.3 Å². The van der Waals surface area contributed by atoms with Crippen LogP contribution in [0.3, 0.4) is 0 Å². The van der Waals surface area contributed by atoms with Crippen LogP contribution < -0.4 is 5.73 Å². The monoisotopic (exact) mass is 277 g/mol. The van der Waals surface area contributed by atoms with Crippen LogP contribution in [0.4, 0.5) is 5.69 Å². The predicted octanol–water partition coefficient (Wildman–Crippen LogP) is 4.97. The maximum absolute atomic E-state index is 5.90. The van der Waals surface area contributed by atoms with Gasteiger partial charge in [0.1, 0.15) is 0 Å². The van der Waals surface area contributed by atoms with Crippen molar-refractivity contribution in [2.45, 2.75) is 64.7 Å². The Morgan fingerprint density at radius 2 is 1.50 bits per heavy atom. The van der Waals surface area contributed by atoms with Crippen molar-refractivity contribution in [3.63, 3.8) is 0 Å². The average Bonchev–Trinajstić information content (AvgIpc) is 2.46. The maximum atomic E-state index is 5.90. The van der Waals surface area contributed by atoms with E-state index in [2.05, 4.69) is 13.0 Å². The van der Waals surface area contributed by atoms with E-state index in [0.717, 1.165) is 25.3 Å². The molecule has 2 N–H and O–H groups in total. The number of rotatable bonds is 12. The van der Waals surface area contributed by atoms with E-state index < -0.39 is 0 Å². The van der Waals surface area contributed by atoms with Crippen LogP contribution in [-0.4, -0.2) is 13.2 Å². The van der Waals surface area contributed by atoms with E-state index in [9.17, 15) is 0 Å². The van der Waals surface area contributed by atoms with Crippen LogP contribution in [0.1, 0.15) is 63.9 Å². The largest absolute Gasteiger partial charge is 0.399 e. The Morgan fingerprint density at radius 3 is 2.20 bits per heavy atom. The van der Waals surface area contributed by atoms with Crippen molar-refractivity contribution < 1.29 is 4.74 Å². The van der Waals surface area contributed by atoms with Crippen molar-refractivity contribution in [1.29, 1.82) is 0 Å². The molecule has 0 aromatic heterocycles.